The second-order valence-electron chi connectivity index (χ2n) is 9.62. The van der Waals surface area contributed by atoms with Gasteiger partial charge in [-0.05, 0) is 47.6 Å². The molecule has 33 heavy (non-hydrogen) atoms. The zero-order chi connectivity index (χ0) is 23.6. The Morgan fingerprint density at radius 2 is 1.73 bits per heavy atom. The molecule has 2 aromatic rings. The molecule has 1 unspecified atom stereocenters. The van der Waals surface area contributed by atoms with Crippen LogP contribution in [0.15, 0.2) is 48.5 Å². The molecule has 2 aromatic carbocycles. The number of nitrogens with one attached hydrogen (secondary N) is 2. The van der Waals surface area contributed by atoms with Crippen molar-refractivity contribution in [2.45, 2.75) is 51.1 Å². The summed E-state index contributed by atoms with van der Waals surface area (Å²) < 4.78 is 5.68. The van der Waals surface area contributed by atoms with E-state index in [1.165, 1.54) is 5.56 Å². The molecule has 1 aliphatic carbocycles. The number of nitrogens with zero attached hydrogens (tertiary/aromatic N) is 1. The van der Waals surface area contributed by atoms with E-state index in [4.69, 9.17) is 4.74 Å². The van der Waals surface area contributed by atoms with Crippen LogP contribution in [0.3, 0.4) is 0 Å². The van der Waals surface area contributed by atoms with E-state index in [1.807, 2.05) is 36.4 Å². The van der Waals surface area contributed by atoms with Gasteiger partial charge in [-0.3, -0.25) is 14.4 Å². The van der Waals surface area contributed by atoms with Gasteiger partial charge in [-0.25, -0.2) is 0 Å². The van der Waals surface area contributed by atoms with Gasteiger partial charge >= 0.3 is 0 Å². The minimum absolute atomic E-state index is 0.0838. The van der Waals surface area contributed by atoms with Gasteiger partial charge in [0.2, 0.25) is 11.8 Å². The first kappa shape index (κ1) is 22.8. The molecule has 3 amide bonds. The monoisotopic (exact) mass is 449 g/mol. The van der Waals surface area contributed by atoms with Gasteiger partial charge in [0, 0.05) is 11.6 Å². The van der Waals surface area contributed by atoms with E-state index >= 15 is 0 Å². The molecule has 7 nitrogen and oxygen atoms in total. The van der Waals surface area contributed by atoms with Crippen molar-refractivity contribution < 1.29 is 19.1 Å². The lowest BCUT2D eigenvalue weighted by Crippen LogP contribution is -2.44. The highest BCUT2D eigenvalue weighted by atomic mass is 16.5. The van der Waals surface area contributed by atoms with Crippen LogP contribution in [0.4, 0.5) is 0 Å². The van der Waals surface area contributed by atoms with E-state index in [-0.39, 0.29) is 35.7 Å². The number of fused-ring (bicyclic) bond motifs is 1. The van der Waals surface area contributed by atoms with Crippen LogP contribution < -0.4 is 15.4 Å². The van der Waals surface area contributed by atoms with Gasteiger partial charge in [0.05, 0.1) is 13.1 Å². The maximum atomic E-state index is 12.9. The van der Waals surface area contributed by atoms with Gasteiger partial charge in [0.1, 0.15) is 18.4 Å². The SMILES string of the molecule is CC(C)(C)c1ccc(OCCNC(=O)CNC(=O)C2c3ccccc3C(=O)N2C2CC2)cc1. The summed E-state index contributed by atoms with van der Waals surface area (Å²) in [6.45, 7) is 6.98. The fourth-order valence-electron chi connectivity index (χ4n) is 4.07. The molecule has 1 saturated carbocycles. The van der Waals surface area contributed by atoms with Gasteiger partial charge in [-0.15, -0.1) is 0 Å². The number of rotatable bonds is 8. The van der Waals surface area contributed by atoms with Crippen molar-refractivity contribution in [3.63, 3.8) is 0 Å². The molecule has 0 spiro atoms. The van der Waals surface area contributed by atoms with Crippen LogP contribution in [0.5, 0.6) is 5.75 Å². The number of hydrogen-bond donors (Lipinski definition) is 2. The minimum atomic E-state index is -0.673. The second kappa shape index (κ2) is 9.25. The number of amides is 3. The third-order valence-electron chi connectivity index (χ3n) is 6.02. The predicted molar refractivity (Wildman–Crippen MR) is 125 cm³/mol. The van der Waals surface area contributed by atoms with Gasteiger partial charge in [-0.1, -0.05) is 51.1 Å². The van der Waals surface area contributed by atoms with Crippen molar-refractivity contribution in [3.05, 3.63) is 65.2 Å². The van der Waals surface area contributed by atoms with Crippen molar-refractivity contribution in [2.75, 3.05) is 19.7 Å². The quantitative estimate of drug-likeness (QED) is 0.607. The van der Waals surface area contributed by atoms with Crippen LogP contribution in [0.1, 0.15) is 61.1 Å². The Bertz CT molecular complexity index is 1040. The zero-order valence-corrected chi connectivity index (χ0v) is 19.4. The highest BCUT2D eigenvalue weighted by Gasteiger charge is 2.47. The minimum Gasteiger partial charge on any atom is -0.492 e. The summed E-state index contributed by atoms with van der Waals surface area (Å²) in [5.41, 5.74) is 2.59. The third-order valence-corrected chi connectivity index (χ3v) is 6.02. The average molecular weight is 450 g/mol. The summed E-state index contributed by atoms with van der Waals surface area (Å²) in [4.78, 5) is 39.5. The standard InChI is InChI=1S/C26H31N3O4/c1-26(2,3)17-8-12-19(13-9-17)33-15-14-27-22(30)16-28-24(31)23-20-6-4-5-7-21(20)25(32)29(23)18-10-11-18/h4-9,12-13,18,23H,10-11,14-16H2,1-3H3,(H,27,30)(H,28,31). The Hall–Kier alpha value is -3.35. The Morgan fingerprint density at radius 1 is 1.03 bits per heavy atom. The molecular formula is C26H31N3O4. The van der Waals surface area contributed by atoms with Crippen LogP contribution in [-0.4, -0.2) is 48.4 Å². The summed E-state index contributed by atoms with van der Waals surface area (Å²) in [5, 5.41) is 5.44. The van der Waals surface area contributed by atoms with Crippen molar-refractivity contribution in [1.29, 1.82) is 0 Å². The average Bonchev–Trinajstić information content (AvgIpc) is 3.59. The highest BCUT2D eigenvalue weighted by molar-refractivity contribution is 6.05. The normalized spacial score (nSPS) is 17.5. The molecule has 2 N–H and O–H groups in total. The maximum Gasteiger partial charge on any atom is 0.255 e. The Kier molecular flexibility index (Phi) is 6.40. The molecule has 1 heterocycles. The van der Waals surface area contributed by atoms with Gasteiger partial charge < -0.3 is 20.3 Å². The lowest BCUT2D eigenvalue weighted by Gasteiger charge is -2.24. The van der Waals surface area contributed by atoms with E-state index in [2.05, 4.69) is 31.4 Å². The van der Waals surface area contributed by atoms with E-state index in [0.717, 1.165) is 18.6 Å². The molecule has 7 heteroatoms. The lowest BCUT2D eigenvalue weighted by molar-refractivity contribution is -0.129. The first-order chi connectivity index (χ1) is 15.8. The first-order valence-electron chi connectivity index (χ1n) is 11.4. The van der Waals surface area contributed by atoms with Gasteiger partial charge in [-0.2, -0.15) is 0 Å². The Labute approximate surface area is 194 Å². The van der Waals surface area contributed by atoms with Crippen LogP contribution in [-0.2, 0) is 15.0 Å². The van der Waals surface area contributed by atoms with Crippen molar-refractivity contribution in [3.8, 4) is 5.75 Å². The summed E-state index contributed by atoms with van der Waals surface area (Å²) in [7, 11) is 0. The van der Waals surface area contributed by atoms with Crippen molar-refractivity contribution in [1.82, 2.24) is 15.5 Å². The maximum absolute atomic E-state index is 12.9. The number of hydrogen-bond acceptors (Lipinski definition) is 4. The first-order valence-corrected chi connectivity index (χ1v) is 11.4. The molecule has 0 bridgehead atoms. The zero-order valence-electron chi connectivity index (χ0n) is 19.4. The second-order valence-corrected chi connectivity index (χ2v) is 9.62. The fourth-order valence-corrected chi connectivity index (χ4v) is 4.07. The molecule has 1 atom stereocenters. The van der Waals surface area contributed by atoms with Crippen LogP contribution in [0, 0.1) is 0 Å². The van der Waals surface area contributed by atoms with Crippen molar-refractivity contribution in [2.24, 2.45) is 0 Å². The van der Waals surface area contributed by atoms with E-state index in [0.29, 0.717) is 24.3 Å². The largest absolute Gasteiger partial charge is 0.492 e. The molecule has 1 aliphatic heterocycles. The summed E-state index contributed by atoms with van der Waals surface area (Å²) in [6, 6.07) is 14.6. The molecule has 0 saturated heterocycles. The van der Waals surface area contributed by atoms with E-state index in [1.54, 1.807) is 17.0 Å². The molecule has 4 rings (SSSR count). The smallest absolute Gasteiger partial charge is 0.255 e. The van der Waals surface area contributed by atoms with Crippen LogP contribution in [0.2, 0.25) is 0 Å². The topological polar surface area (TPSA) is 87.7 Å². The Balaban J connectivity index is 1.23. The molecular weight excluding hydrogens is 418 g/mol. The molecule has 2 aliphatic rings. The predicted octanol–water partition coefficient (Wildman–Crippen LogP) is 2.95. The summed E-state index contributed by atoms with van der Waals surface area (Å²) in [5.74, 6) is 0.0109. The summed E-state index contributed by atoms with van der Waals surface area (Å²) in [6.07, 6.45) is 1.81. The number of carbonyl (C=O) groups is 3. The molecule has 0 aromatic heterocycles. The van der Waals surface area contributed by atoms with Crippen LogP contribution in [0.25, 0.3) is 0 Å². The van der Waals surface area contributed by atoms with E-state index in [9.17, 15) is 14.4 Å². The fraction of sp³-hybridized carbons (Fsp3) is 0.423. The molecule has 0 radical (unpaired) electrons. The highest BCUT2D eigenvalue weighted by Crippen LogP contribution is 2.41. The van der Waals surface area contributed by atoms with Gasteiger partial charge in [0.15, 0.2) is 0 Å². The lowest BCUT2D eigenvalue weighted by atomic mass is 9.87. The van der Waals surface area contributed by atoms with Crippen LogP contribution >= 0.6 is 0 Å². The Morgan fingerprint density at radius 3 is 2.39 bits per heavy atom. The van der Waals surface area contributed by atoms with Gasteiger partial charge in [0.25, 0.3) is 5.91 Å². The summed E-state index contributed by atoms with van der Waals surface area (Å²) >= 11 is 0. The number of benzene rings is 2. The number of carbonyl (C=O) groups excluding carboxylic acids is 3. The molecule has 1 fully saturated rings. The third kappa shape index (κ3) is 5.18. The number of ether oxygens (including phenoxy) is 1. The van der Waals surface area contributed by atoms with Crippen molar-refractivity contribution >= 4 is 17.7 Å². The van der Waals surface area contributed by atoms with E-state index < -0.39 is 6.04 Å². The molecule has 174 valence electrons.